The highest BCUT2D eigenvalue weighted by Crippen LogP contribution is 2.18. The Morgan fingerprint density at radius 1 is 1.19 bits per heavy atom. The molecule has 0 unspecified atom stereocenters. The summed E-state index contributed by atoms with van der Waals surface area (Å²) in [5, 5.41) is 2.76. The fraction of sp³-hybridized carbons (Fsp3) is 0.533. The number of hydrogen-bond donors (Lipinski definition) is 1. The van der Waals surface area contributed by atoms with E-state index in [2.05, 4.69) is 5.32 Å². The molecular weight excluding hydrogens is 288 g/mol. The number of amides is 1. The summed E-state index contributed by atoms with van der Waals surface area (Å²) in [5.74, 6) is -0.0974. The molecule has 1 N–H and O–H groups in total. The molecule has 0 aliphatic heterocycles. The van der Waals surface area contributed by atoms with Crippen LogP contribution >= 0.6 is 0 Å². The predicted octanol–water partition coefficient (Wildman–Crippen LogP) is 1.92. The smallest absolute Gasteiger partial charge is 0.232 e. The Morgan fingerprint density at radius 2 is 1.71 bits per heavy atom. The molecule has 0 radical (unpaired) electrons. The molecule has 1 amide bonds. The van der Waals surface area contributed by atoms with Crippen molar-refractivity contribution in [2.45, 2.75) is 27.7 Å². The van der Waals surface area contributed by atoms with Gasteiger partial charge in [0.15, 0.2) is 0 Å². The number of aryl methyl sites for hydroxylation is 1. The minimum atomic E-state index is -3.38. The lowest BCUT2D eigenvalue weighted by Crippen LogP contribution is -2.41. The lowest BCUT2D eigenvalue weighted by Gasteiger charge is -2.24. The number of hydrogen-bond acceptors (Lipinski definition) is 3. The van der Waals surface area contributed by atoms with Gasteiger partial charge in [-0.15, -0.1) is 0 Å². The van der Waals surface area contributed by atoms with Crippen LogP contribution in [0.2, 0.25) is 0 Å². The largest absolute Gasteiger partial charge is 0.354 e. The lowest BCUT2D eigenvalue weighted by molar-refractivity contribution is -0.128. The molecule has 1 aromatic rings. The van der Waals surface area contributed by atoms with Crippen molar-refractivity contribution in [1.29, 1.82) is 0 Å². The molecule has 118 valence electrons. The van der Waals surface area contributed by atoms with Gasteiger partial charge in [-0.3, -0.25) is 9.10 Å². The Labute approximate surface area is 127 Å². The van der Waals surface area contributed by atoms with E-state index in [-0.39, 0.29) is 19.0 Å². The first-order chi connectivity index (χ1) is 9.51. The quantitative estimate of drug-likeness (QED) is 0.903. The summed E-state index contributed by atoms with van der Waals surface area (Å²) in [6.45, 7) is 7.88. The Balaban J connectivity index is 2.78. The van der Waals surface area contributed by atoms with E-state index in [1.54, 1.807) is 12.1 Å². The molecular formula is C15H24N2O3S. The van der Waals surface area contributed by atoms with Crippen LogP contribution < -0.4 is 9.62 Å². The molecule has 0 aromatic heterocycles. The van der Waals surface area contributed by atoms with Gasteiger partial charge in [0, 0.05) is 12.0 Å². The fourth-order valence-corrected chi connectivity index (χ4v) is 2.66. The van der Waals surface area contributed by atoms with Gasteiger partial charge in [0.2, 0.25) is 15.9 Å². The maximum absolute atomic E-state index is 11.9. The van der Waals surface area contributed by atoms with E-state index in [0.29, 0.717) is 5.69 Å². The van der Waals surface area contributed by atoms with Crippen molar-refractivity contribution >= 4 is 21.6 Å². The van der Waals surface area contributed by atoms with E-state index >= 15 is 0 Å². The molecule has 6 heteroatoms. The van der Waals surface area contributed by atoms with E-state index < -0.39 is 15.4 Å². The van der Waals surface area contributed by atoms with E-state index in [9.17, 15) is 13.2 Å². The third-order valence-corrected chi connectivity index (χ3v) is 4.20. The SMILES string of the molecule is Cc1ccc(N(CCNC(=O)C(C)(C)C)S(C)(=O)=O)cc1. The summed E-state index contributed by atoms with van der Waals surface area (Å²) >= 11 is 0. The standard InChI is InChI=1S/C15H24N2O3S/c1-12-6-8-13(9-7-12)17(21(5,19)20)11-10-16-14(18)15(2,3)4/h6-9H,10-11H2,1-5H3,(H,16,18). The highest BCUT2D eigenvalue weighted by Gasteiger charge is 2.22. The molecule has 1 rings (SSSR count). The molecule has 0 saturated carbocycles. The second kappa shape index (κ2) is 6.47. The number of nitrogens with zero attached hydrogens (tertiary/aromatic N) is 1. The average Bonchev–Trinajstić information content (AvgIpc) is 2.33. The zero-order chi connectivity index (χ0) is 16.3. The van der Waals surface area contributed by atoms with Crippen molar-refractivity contribution in [2.24, 2.45) is 5.41 Å². The van der Waals surface area contributed by atoms with Gasteiger partial charge in [-0.1, -0.05) is 38.5 Å². The number of rotatable bonds is 5. The molecule has 0 fully saturated rings. The number of benzene rings is 1. The first-order valence-corrected chi connectivity index (χ1v) is 8.69. The van der Waals surface area contributed by atoms with Crippen LogP contribution in [0.4, 0.5) is 5.69 Å². The summed E-state index contributed by atoms with van der Waals surface area (Å²) in [6.07, 6.45) is 1.17. The molecule has 0 bridgehead atoms. The first kappa shape index (κ1) is 17.5. The Hall–Kier alpha value is -1.56. The van der Waals surface area contributed by atoms with Gasteiger partial charge in [-0.25, -0.2) is 8.42 Å². The van der Waals surface area contributed by atoms with E-state index in [4.69, 9.17) is 0 Å². The summed E-state index contributed by atoms with van der Waals surface area (Å²) < 4.78 is 25.1. The van der Waals surface area contributed by atoms with Crippen molar-refractivity contribution in [3.8, 4) is 0 Å². The van der Waals surface area contributed by atoms with Gasteiger partial charge >= 0.3 is 0 Å². The summed E-state index contributed by atoms with van der Waals surface area (Å²) in [4.78, 5) is 11.8. The maximum Gasteiger partial charge on any atom is 0.232 e. The number of carbonyl (C=O) groups excluding carboxylic acids is 1. The third kappa shape index (κ3) is 5.38. The summed E-state index contributed by atoms with van der Waals surface area (Å²) in [7, 11) is -3.38. The fourth-order valence-electron chi connectivity index (χ4n) is 1.73. The first-order valence-electron chi connectivity index (χ1n) is 6.84. The normalized spacial score (nSPS) is 12.0. The maximum atomic E-state index is 11.9. The third-order valence-electron chi connectivity index (χ3n) is 3.00. The molecule has 1 aromatic carbocycles. The molecule has 5 nitrogen and oxygen atoms in total. The minimum absolute atomic E-state index is 0.0974. The van der Waals surface area contributed by atoms with Gasteiger partial charge in [0.05, 0.1) is 18.5 Å². The molecule has 0 spiro atoms. The van der Waals surface area contributed by atoms with Crippen LogP contribution in [0.1, 0.15) is 26.3 Å². The van der Waals surface area contributed by atoms with Crippen molar-refractivity contribution < 1.29 is 13.2 Å². The molecule has 0 aliphatic carbocycles. The van der Waals surface area contributed by atoms with Gasteiger partial charge < -0.3 is 5.32 Å². The van der Waals surface area contributed by atoms with Crippen LogP contribution in [0.15, 0.2) is 24.3 Å². The van der Waals surface area contributed by atoms with Crippen molar-refractivity contribution in [1.82, 2.24) is 5.32 Å². The van der Waals surface area contributed by atoms with Gasteiger partial charge in [-0.05, 0) is 19.1 Å². The Morgan fingerprint density at radius 3 is 2.14 bits per heavy atom. The van der Waals surface area contributed by atoms with Crippen LogP contribution in [0, 0.1) is 12.3 Å². The lowest BCUT2D eigenvalue weighted by atomic mass is 9.96. The molecule has 0 atom stereocenters. The summed E-state index contributed by atoms with van der Waals surface area (Å²) in [5.41, 5.74) is 1.18. The molecule has 21 heavy (non-hydrogen) atoms. The van der Waals surface area contributed by atoms with Gasteiger partial charge in [-0.2, -0.15) is 0 Å². The van der Waals surface area contributed by atoms with E-state index in [0.717, 1.165) is 5.56 Å². The second-order valence-electron chi connectivity index (χ2n) is 6.18. The molecule has 0 saturated heterocycles. The monoisotopic (exact) mass is 312 g/mol. The van der Waals surface area contributed by atoms with E-state index in [1.807, 2.05) is 39.8 Å². The van der Waals surface area contributed by atoms with Crippen LogP contribution in [-0.2, 0) is 14.8 Å². The van der Waals surface area contributed by atoms with Crippen LogP contribution in [0.3, 0.4) is 0 Å². The highest BCUT2D eigenvalue weighted by atomic mass is 32.2. The zero-order valence-electron chi connectivity index (χ0n) is 13.3. The number of anilines is 1. The highest BCUT2D eigenvalue weighted by molar-refractivity contribution is 7.92. The topological polar surface area (TPSA) is 66.5 Å². The number of carbonyl (C=O) groups is 1. The van der Waals surface area contributed by atoms with Crippen LogP contribution in [0.5, 0.6) is 0 Å². The van der Waals surface area contributed by atoms with Crippen molar-refractivity contribution in [2.75, 3.05) is 23.7 Å². The molecule has 0 heterocycles. The number of sulfonamides is 1. The zero-order valence-corrected chi connectivity index (χ0v) is 14.1. The Bertz CT molecular complexity index is 586. The van der Waals surface area contributed by atoms with Crippen LogP contribution in [0.25, 0.3) is 0 Å². The summed E-state index contributed by atoms with van der Waals surface area (Å²) in [6, 6.07) is 7.26. The van der Waals surface area contributed by atoms with E-state index in [1.165, 1.54) is 10.6 Å². The van der Waals surface area contributed by atoms with Crippen molar-refractivity contribution in [3.05, 3.63) is 29.8 Å². The molecule has 0 aliphatic rings. The van der Waals surface area contributed by atoms with Gasteiger partial charge in [0.25, 0.3) is 0 Å². The second-order valence-corrected chi connectivity index (χ2v) is 8.08. The number of nitrogens with one attached hydrogen (secondary N) is 1. The van der Waals surface area contributed by atoms with Crippen molar-refractivity contribution in [3.63, 3.8) is 0 Å². The van der Waals surface area contributed by atoms with Crippen LogP contribution in [-0.4, -0.2) is 33.7 Å². The predicted molar refractivity (Wildman–Crippen MR) is 85.8 cm³/mol. The minimum Gasteiger partial charge on any atom is -0.354 e. The average molecular weight is 312 g/mol. The Kier molecular flexibility index (Phi) is 5.39. The van der Waals surface area contributed by atoms with Gasteiger partial charge in [0.1, 0.15) is 0 Å².